The van der Waals surface area contributed by atoms with E-state index in [-0.39, 0.29) is 17.7 Å². The number of carbonyl (C=O) groups excluding carboxylic acids is 1. The molecule has 3 N–H and O–H groups in total. The second kappa shape index (κ2) is 9.49. The highest BCUT2D eigenvalue weighted by Crippen LogP contribution is 2.35. The van der Waals surface area contributed by atoms with Crippen LogP contribution in [0.25, 0.3) is 0 Å². The van der Waals surface area contributed by atoms with Crippen molar-refractivity contribution < 1.29 is 14.7 Å². The molecule has 1 unspecified atom stereocenters. The van der Waals surface area contributed by atoms with Gasteiger partial charge in [-0.3, -0.25) is 9.79 Å². The fraction of sp³-hybridized carbons (Fsp3) is 0.762. The molecule has 152 valence electrons. The maximum absolute atomic E-state index is 12.3. The summed E-state index contributed by atoms with van der Waals surface area (Å²) in [6.07, 6.45) is 8.10. The van der Waals surface area contributed by atoms with Crippen LogP contribution in [0, 0.1) is 11.8 Å². The number of aliphatic carboxylic acids is 1. The monoisotopic (exact) mass is 377 g/mol. The molecule has 1 saturated heterocycles. The number of rotatable bonds is 4. The van der Waals surface area contributed by atoms with Gasteiger partial charge in [0, 0.05) is 11.1 Å². The SMILES string of the molecule is C/C(C(=O)O)=C(/C1=NC(C)(C(C)C)C(=O)N1)C1CCCCC1.C1CCNC1. The summed E-state index contributed by atoms with van der Waals surface area (Å²) >= 11 is 0. The van der Waals surface area contributed by atoms with Gasteiger partial charge >= 0.3 is 5.97 Å². The fourth-order valence-electron chi connectivity index (χ4n) is 3.87. The van der Waals surface area contributed by atoms with E-state index in [2.05, 4.69) is 15.6 Å². The summed E-state index contributed by atoms with van der Waals surface area (Å²) in [7, 11) is 0. The van der Waals surface area contributed by atoms with Crippen molar-refractivity contribution in [2.45, 2.75) is 78.2 Å². The topological polar surface area (TPSA) is 90.8 Å². The number of carboxylic acids is 1. The van der Waals surface area contributed by atoms with Crippen LogP contribution in [-0.4, -0.2) is 41.4 Å². The Hall–Kier alpha value is -1.69. The molecule has 0 aromatic rings. The molecule has 2 aliphatic heterocycles. The molecule has 6 heteroatoms. The molecule has 0 aromatic heterocycles. The first kappa shape index (κ1) is 21.6. The fourth-order valence-corrected chi connectivity index (χ4v) is 3.87. The van der Waals surface area contributed by atoms with Crippen LogP contribution in [0.15, 0.2) is 16.1 Å². The van der Waals surface area contributed by atoms with Crippen LogP contribution in [0.2, 0.25) is 0 Å². The van der Waals surface area contributed by atoms with Gasteiger partial charge in [-0.25, -0.2) is 4.79 Å². The first-order valence-corrected chi connectivity index (χ1v) is 10.3. The number of hydrogen-bond donors (Lipinski definition) is 3. The quantitative estimate of drug-likeness (QED) is 0.656. The van der Waals surface area contributed by atoms with Crippen molar-refractivity contribution in [3.8, 4) is 0 Å². The predicted molar refractivity (Wildman–Crippen MR) is 108 cm³/mol. The van der Waals surface area contributed by atoms with Gasteiger partial charge < -0.3 is 15.7 Å². The molecule has 3 rings (SSSR count). The summed E-state index contributed by atoms with van der Waals surface area (Å²) in [5.74, 6) is -0.353. The molecule has 1 atom stereocenters. The Balaban J connectivity index is 0.000000451. The first-order valence-electron chi connectivity index (χ1n) is 10.3. The number of hydrogen-bond acceptors (Lipinski definition) is 4. The van der Waals surface area contributed by atoms with Gasteiger partial charge in [0.2, 0.25) is 0 Å². The van der Waals surface area contributed by atoms with Crippen molar-refractivity contribution in [3.05, 3.63) is 11.1 Å². The Labute approximate surface area is 162 Å². The number of carbonyl (C=O) groups is 2. The lowest BCUT2D eigenvalue weighted by Crippen LogP contribution is -2.41. The Morgan fingerprint density at radius 3 is 2.15 bits per heavy atom. The summed E-state index contributed by atoms with van der Waals surface area (Å²) in [4.78, 5) is 28.4. The average Bonchev–Trinajstić information content (AvgIpc) is 3.29. The van der Waals surface area contributed by atoms with E-state index in [1.807, 2.05) is 20.8 Å². The van der Waals surface area contributed by atoms with Gasteiger partial charge in [0.25, 0.3) is 5.91 Å². The Morgan fingerprint density at radius 2 is 1.74 bits per heavy atom. The van der Waals surface area contributed by atoms with E-state index in [1.165, 1.54) is 32.4 Å². The first-order chi connectivity index (χ1) is 12.8. The molecule has 2 heterocycles. The minimum Gasteiger partial charge on any atom is -0.478 e. The van der Waals surface area contributed by atoms with Crippen molar-refractivity contribution in [2.75, 3.05) is 13.1 Å². The van der Waals surface area contributed by atoms with Crippen molar-refractivity contribution in [1.82, 2.24) is 10.6 Å². The molecular weight excluding hydrogens is 342 g/mol. The molecule has 0 spiro atoms. The van der Waals surface area contributed by atoms with Gasteiger partial charge in [-0.1, -0.05) is 33.1 Å². The molecular formula is C21H35N3O3. The summed E-state index contributed by atoms with van der Waals surface area (Å²) < 4.78 is 0. The van der Waals surface area contributed by atoms with Crippen LogP contribution in [-0.2, 0) is 9.59 Å². The van der Waals surface area contributed by atoms with Crippen LogP contribution in [0.1, 0.15) is 72.6 Å². The molecule has 0 bridgehead atoms. The normalized spacial score (nSPS) is 26.9. The third-order valence-corrected chi connectivity index (χ3v) is 6.11. The van der Waals surface area contributed by atoms with E-state index in [4.69, 9.17) is 0 Å². The number of carboxylic acid groups (broad SMARTS) is 1. The lowest BCUT2D eigenvalue weighted by Gasteiger charge is -2.25. The Bertz CT molecular complexity index is 607. The molecule has 2 fully saturated rings. The molecule has 3 aliphatic rings. The minimum absolute atomic E-state index is 0.0581. The lowest BCUT2D eigenvalue weighted by atomic mass is 9.81. The lowest BCUT2D eigenvalue weighted by molar-refractivity contribution is -0.132. The predicted octanol–water partition coefficient (Wildman–Crippen LogP) is 3.28. The maximum atomic E-state index is 12.3. The van der Waals surface area contributed by atoms with Crippen LogP contribution >= 0.6 is 0 Å². The number of nitrogens with zero attached hydrogens (tertiary/aromatic N) is 1. The zero-order valence-electron chi connectivity index (χ0n) is 17.2. The van der Waals surface area contributed by atoms with E-state index < -0.39 is 11.5 Å². The number of amidine groups is 1. The summed E-state index contributed by atoms with van der Waals surface area (Å²) in [5.41, 5.74) is 0.220. The molecule has 0 radical (unpaired) electrons. The van der Waals surface area contributed by atoms with E-state index in [1.54, 1.807) is 6.92 Å². The van der Waals surface area contributed by atoms with Crippen LogP contribution in [0.5, 0.6) is 0 Å². The molecule has 0 aromatic carbocycles. The van der Waals surface area contributed by atoms with Gasteiger partial charge in [0.05, 0.1) is 0 Å². The number of aliphatic imine (C=N–C) groups is 1. The third-order valence-electron chi connectivity index (χ3n) is 6.11. The van der Waals surface area contributed by atoms with Crippen LogP contribution in [0.3, 0.4) is 0 Å². The van der Waals surface area contributed by atoms with Crippen molar-refractivity contribution >= 4 is 17.7 Å². The van der Waals surface area contributed by atoms with E-state index in [0.717, 1.165) is 31.3 Å². The second-order valence-corrected chi connectivity index (χ2v) is 8.35. The van der Waals surface area contributed by atoms with E-state index in [0.29, 0.717) is 11.4 Å². The highest BCUT2D eigenvalue weighted by atomic mass is 16.4. The summed E-state index contributed by atoms with van der Waals surface area (Å²) in [5, 5.41) is 15.5. The van der Waals surface area contributed by atoms with Crippen molar-refractivity contribution in [1.29, 1.82) is 0 Å². The van der Waals surface area contributed by atoms with Gasteiger partial charge in [-0.05, 0) is 64.5 Å². The third kappa shape index (κ3) is 5.18. The van der Waals surface area contributed by atoms with Gasteiger partial charge in [-0.2, -0.15) is 0 Å². The Morgan fingerprint density at radius 1 is 1.15 bits per heavy atom. The summed E-state index contributed by atoms with van der Waals surface area (Å²) in [6, 6.07) is 0. The smallest absolute Gasteiger partial charge is 0.331 e. The van der Waals surface area contributed by atoms with Gasteiger partial charge in [-0.15, -0.1) is 0 Å². The molecule has 27 heavy (non-hydrogen) atoms. The van der Waals surface area contributed by atoms with Crippen LogP contribution in [0.4, 0.5) is 0 Å². The van der Waals surface area contributed by atoms with Gasteiger partial charge in [0.1, 0.15) is 11.4 Å². The Kier molecular flexibility index (Phi) is 7.59. The molecule has 1 amide bonds. The molecule has 1 aliphatic carbocycles. The number of nitrogens with one attached hydrogen (secondary N) is 2. The van der Waals surface area contributed by atoms with Crippen LogP contribution < -0.4 is 10.6 Å². The minimum atomic E-state index is -0.935. The molecule has 6 nitrogen and oxygen atoms in total. The van der Waals surface area contributed by atoms with Crippen molar-refractivity contribution in [3.63, 3.8) is 0 Å². The average molecular weight is 378 g/mol. The highest BCUT2D eigenvalue weighted by Gasteiger charge is 2.43. The summed E-state index contributed by atoms with van der Waals surface area (Å²) in [6.45, 7) is 9.85. The number of amides is 1. The molecule has 1 saturated carbocycles. The van der Waals surface area contributed by atoms with E-state index in [9.17, 15) is 14.7 Å². The highest BCUT2D eigenvalue weighted by molar-refractivity contribution is 6.17. The zero-order chi connectivity index (χ0) is 20.0. The van der Waals surface area contributed by atoms with E-state index >= 15 is 0 Å². The standard InChI is InChI=1S/C17H26N2O3.C4H9N/c1-10(2)17(4)16(22)18-14(19-17)13(11(3)15(20)21)12-8-6-5-7-9-12;1-2-4-5-3-1/h10,12H,5-9H2,1-4H3,(H,20,21)(H,18,19,22);5H,1-4H2/b13-11-;. The maximum Gasteiger partial charge on any atom is 0.331 e. The van der Waals surface area contributed by atoms with Gasteiger partial charge in [0.15, 0.2) is 0 Å². The van der Waals surface area contributed by atoms with Crippen molar-refractivity contribution in [2.24, 2.45) is 16.8 Å². The zero-order valence-corrected chi connectivity index (χ0v) is 17.2. The second-order valence-electron chi connectivity index (χ2n) is 8.35. The largest absolute Gasteiger partial charge is 0.478 e.